The molecule has 0 heterocycles. The van der Waals surface area contributed by atoms with Gasteiger partial charge in [-0.05, 0) is 35.0 Å². The zero-order chi connectivity index (χ0) is 17.3. The molecule has 0 amide bonds. The van der Waals surface area contributed by atoms with Crippen molar-refractivity contribution in [3.8, 4) is 5.75 Å². The standard InChI is InChI=1S/C20H28O2Si/c1-7-15(14-22-23(5,6)20(2,3)4)19-17-11-9-8-10-16(17)12-13-18(19)21/h7-13,15,21H,1,14H2,2-6H3/t15-/m1/s1. The number of benzene rings is 2. The second-order valence-corrected chi connectivity index (χ2v) is 12.4. The number of phenols is 1. The third-order valence-electron chi connectivity index (χ3n) is 5.03. The normalized spacial score (nSPS) is 14.0. The van der Waals surface area contributed by atoms with Crippen LogP contribution in [0, 0.1) is 0 Å². The fourth-order valence-corrected chi connectivity index (χ4v) is 3.49. The first-order chi connectivity index (χ1) is 10.7. The maximum absolute atomic E-state index is 10.4. The number of aromatic hydroxyl groups is 1. The van der Waals surface area contributed by atoms with Crippen molar-refractivity contribution in [3.05, 3.63) is 54.6 Å². The highest BCUT2D eigenvalue weighted by molar-refractivity contribution is 6.74. The molecular weight excluding hydrogens is 300 g/mol. The Balaban J connectivity index is 2.36. The van der Waals surface area contributed by atoms with Gasteiger partial charge < -0.3 is 9.53 Å². The minimum atomic E-state index is -1.83. The number of hydrogen-bond donors (Lipinski definition) is 1. The van der Waals surface area contributed by atoms with Gasteiger partial charge in [-0.2, -0.15) is 0 Å². The molecule has 0 aromatic heterocycles. The largest absolute Gasteiger partial charge is 0.508 e. The van der Waals surface area contributed by atoms with Crippen LogP contribution in [0.15, 0.2) is 49.1 Å². The number of rotatable bonds is 5. The summed E-state index contributed by atoms with van der Waals surface area (Å²) in [4.78, 5) is 0. The minimum absolute atomic E-state index is 0.0183. The third kappa shape index (κ3) is 3.67. The van der Waals surface area contributed by atoms with Gasteiger partial charge in [0.1, 0.15) is 5.75 Å². The number of fused-ring (bicyclic) bond motifs is 1. The van der Waals surface area contributed by atoms with Crippen molar-refractivity contribution < 1.29 is 9.53 Å². The summed E-state index contributed by atoms with van der Waals surface area (Å²) in [6.07, 6.45) is 1.88. The van der Waals surface area contributed by atoms with Crippen molar-refractivity contribution in [1.82, 2.24) is 0 Å². The van der Waals surface area contributed by atoms with Crippen LogP contribution < -0.4 is 0 Å². The highest BCUT2D eigenvalue weighted by atomic mass is 28.4. The van der Waals surface area contributed by atoms with E-state index in [4.69, 9.17) is 4.43 Å². The van der Waals surface area contributed by atoms with Gasteiger partial charge in [0.05, 0.1) is 0 Å². The van der Waals surface area contributed by atoms with E-state index in [1.807, 2.05) is 30.3 Å². The summed E-state index contributed by atoms with van der Waals surface area (Å²) in [6, 6.07) is 11.8. The molecule has 0 saturated heterocycles. The maximum Gasteiger partial charge on any atom is 0.192 e. The van der Waals surface area contributed by atoms with E-state index in [9.17, 15) is 5.11 Å². The summed E-state index contributed by atoms with van der Waals surface area (Å²) in [5, 5.41) is 12.8. The lowest BCUT2D eigenvalue weighted by Gasteiger charge is -2.37. The highest BCUT2D eigenvalue weighted by Gasteiger charge is 2.37. The Morgan fingerprint density at radius 3 is 2.43 bits per heavy atom. The summed E-state index contributed by atoms with van der Waals surface area (Å²) in [5.41, 5.74) is 0.914. The van der Waals surface area contributed by atoms with Crippen LogP contribution in [-0.2, 0) is 4.43 Å². The van der Waals surface area contributed by atoms with Crippen LogP contribution in [0.1, 0.15) is 32.3 Å². The minimum Gasteiger partial charge on any atom is -0.508 e. The first kappa shape index (κ1) is 17.8. The van der Waals surface area contributed by atoms with E-state index < -0.39 is 8.32 Å². The van der Waals surface area contributed by atoms with E-state index in [1.54, 1.807) is 6.07 Å². The van der Waals surface area contributed by atoms with Crippen LogP contribution in [0.25, 0.3) is 10.8 Å². The molecule has 124 valence electrons. The van der Waals surface area contributed by atoms with Crippen LogP contribution in [0.5, 0.6) is 5.75 Å². The first-order valence-corrected chi connectivity index (χ1v) is 11.1. The second-order valence-electron chi connectivity index (χ2n) is 7.63. The molecule has 2 nitrogen and oxygen atoms in total. The van der Waals surface area contributed by atoms with Gasteiger partial charge in [0.15, 0.2) is 8.32 Å². The van der Waals surface area contributed by atoms with E-state index in [-0.39, 0.29) is 11.0 Å². The molecule has 0 aliphatic rings. The molecule has 3 heteroatoms. The van der Waals surface area contributed by atoms with Gasteiger partial charge in [-0.15, -0.1) is 6.58 Å². The van der Waals surface area contributed by atoms with Crippen LogP contribution in [0.3, 0.4) is 0 Å². The lowest BCUT2D eigenvalue weighted by molar-refractivity contribution is 0.276. The van der Waals surface area contributed by atoms with Crippen molar-refractivity contribution in [1.29, 1.82) is 0 Å². The highest BCUT2D eigenvalue weighted by Crippen LogP contribution is 2.39. The lowest BCUT2D eigenvalue weighted by atomic mass is 9.93. The van der Waals surface area contributed by atoms with Crippen molar-refractivity contribution >= 4 is 19.1 Å². The van der Waals surface area contributed by atoms with Gasteiger partial charge >= 0.3 is 0 Å². The SMILES string of the molecule is C=C[C@H](CO[Si](C)(C)C(C)(C)C)c1c(O)ccc2ccccc12. The third-order valence-corrected chi connectivity index (χ3v) is 9.53. The Morgan fingerprint density at radius 1 is 1.17 bits per heavy atom. The van der Waals surface area contributed by atoms with Gasteiger partial charge in [0, 0.05) is 18.1 Å². The molecule has 0 unspecified atom stereocenters. The van der Waals surface area contributed by atoms with Crippen LogP contribution in [0.4, 0.5) is 0 Å². The Kier molecular flexibility index (Phi) is 5.02. The maximum atomic E-state index is 10.4. The summed E-state index contributed by atoms with van der Waals surface area (Å²) in [6.45, 7) is 15.7. The van der Waals surface area contributed by atoms with Gasteiger partial charge in [-0.3, -0.25) is 0 Å². The summed E-state index contributed by atoms with van der Waals surface area (Å²) >= 11 is 0. The average Bonchev–Trinajstić information content (AvgIpc) is 2.48. The van der Waals surface area contributed by atoms with E-state index in [1.165, 1.54) is 0 Å². The summed E-state index contributed by atoms with van der Waals surface area (Å²) in [5.74, 6) is 0.294. The van der Waals surface area contributed by atoms with E-state index in [0.29, 0.717) is 12.4 Å². The molecule has 0 bridgehead atoms. The quantitative estimate of drug-likeness (QED) is 0.552. The van der Waals surface area contributed by atoms with Gasteiger partial charge in [0.2, 0.25) is 0 Å². The van der Waals surface area contributed by atoms with Crippen LogP contribution in [-0.4, -0.2) is 20.0 Å². The molecule has 2 aromatic rings. The Bertz CT molecular complexity index is 698. The van der Waals surface area contributed by atoms with Crippen molar-refractivity contribution in [3.63, 3.8) is 0 Å². The molecule has 2 rings (SSSR count). The average molecular weight is 329 g/mol. The molecule has 2 aromatic carbocycles. The predicted molar refractivity (Wildman–Crippen MR) is 102 cm³/mol. The molecule has 23 heavy (non-hydrogen) atoms. The monoisotopic (exact) mass is 328 g/mol. The van der Waals surface area contributed by atoms with E-state index in [0.717, 1.165) is 16.3 Å². The summed E-state index contributed by atoms with van der Waals surface area (Å²) < 4.78 is 6.36. The van der Waals surface area contributed by atoms with E-state index >= 15 is 0 Å². The smallest absolute Gasteiger partial charge is 0.192 e. The lowest BCUT2D eigenvalue weighted by Crippen LogP contribution is -2.41. The molecule has 0 spiro atoms. The van der Waals surface area contributed by atoms with Gasteiger partial charge in [-0.1, -0.05) is 57.2 Å². The van der Waals surface area contributed by atoms with Crippen LogP contribution in [0.2, 0.25) is 18.1 Å². The Labute approximate surface area is 140 Å². The predicted octanol–water partition coefficient (Wildman–Crippen LogP) is 5.84. The number of phenolic OH excluding ortho intramolecular Hbond substituents is 1. The molecular formula is C20H28O2Si. The second kappa shape index (κ2) is 6.50. The van der Waals surface area contributed by atoms with Crippen molar-refractivity contribution in [2.45, 2.75) is 44.8 Å². The fourth-order valence-electron chi connectivity index (χ4n) is 2.46. The van der Waals surface area contributed by atoms with E-state index in [2.05, 4.69) is 46.5 Å². The summed E-state index contributed by atoms with van der Waals surface area (Å²) in [7, 11) is -1.83. The van der Waals surface area contributed by atoms with Gasteiger partial charge in [-0.25, -0.2) is 0 Å². The fraction of sp³-hybridized carbons (Fsp3) is 0.400. The van der Waals surface area contributed by atoms with Crippen molar-refractivity contribution in [2.75, 3.05) is 6.61 Å². The molecule has 1 atom stereocenters. The molecule has 0 fully saturated rings. The van der Waals surface area contributed by atoms with Gasteiger partial charge in [0.25, 0.3) is 0 Å². The number of hydrogen-bond acceptors (Lipinski definition) is 2. The first-order valence-electron chi connectivity index (χ1n) is 8.14. The molecule has 1 N–H and O–H groups in total. The molecule has 0 aliphatic heterocycles. The molecule has 0 saturated carbocycles. The Hall–Kier alpha value is -1.58. The molecule has 0 aliphatic carbocycles. The molecule has 0 radical (unpaired) electrons. The van der Waals surface area contributed by atoms with Crippen LogP contribution >= 0.6 is 0 Å². The zero-order valence-corrected chi connectivity index (χ0v) is 15.9. The zero-order valence-electron chi connectivity index (χ0n) is 14.9. The Morgan fingerprint density at radius 2 is 1.83 bits per heavy atom. The topological polar surface area (TPSA) is 29.5 Å². The van der Waals surface area contributed by atoms with Crippen molar-refractivity contribution in [2.24, 2.45) is 0 Å².